The van der Waals surface area contributed by atoms with Gasteiger partial charge in [-0.15, -0.1) is 0 Å². The number of amidine groups is 1. The molecule has 0 bridgehead atoms. The van der Waals surface area contributed by atoms with E-state index in [0.29, 0.717) is 9.84 Å². The zero-order valence-electron chi connectivity index (χ0n) is 6.91. The number of hydrogen-bond donors (Lipinski definition) is 2. The van der Waals surface area contributed by atoms with Crippen molar-refractivity contribution in [2.24, 2.45) is 10.9 Å². The van der Waals surface area contributed by atoms with Crippen molar-refractivity contribution >= 4 is 22.1 Å². The lowest BCUT2D eigenvalue weighted by atomic mass is 10.5. The molecule has 7 heteroatoms. The van der Waals surface area contributed by atoms with Crippen LogP contribution in [0.15, 0.2) is 28.4 Å². The van der Waals surface area contributed by atoms with E-state index in [9.17, 15) is 4.79 Å². The van der Waals surface area contributed by atoms with Gasteiger partial charge in [-0.2, -0.15) is 0 Å². The second kappa shape index (κ2) is 3.11. The molecule has 3 N–H and O–H groups in total. The lowest BCUT2D eigenvalue weighted by Gasteiger charge is -1.87. The molecule has 0 atom stereocenters. The summed E-state index contributed by atoms with van der Waals surface area (Å²) in [5.74, 6) is -0.0279. The zero-order valence-corrected chi connectivity index (χ0v) is 7.73. The molecule has 2 heterocycles. The fraction of sp³-hybridized carbons (Fsp3) is 0. The zero-order chi connectivity index (χ0) is 10.1. The van der Waals surface area contributed by atoms with Crippen LogP contribution in [0, 0.1) is 0 Å². The summed E-state index contributed by atoms with van der Waals surface area (Å²) in [5, 5.41) is 11.3. The van der Waals surface area contributed by atoms with Gasteiger partial charge in [-0.25, -0.2) is 4.98 Å². The largest absolute Gasteiger partial charge is 0.409 e. The Bertz CT molecular complexity index is 556. The summed E-state index contributed by atoms with van der Waals surface area (Å²) < 4.78 is 1.35. The van der Waals surface area contributed by atoms with Crippen molar-refractivity contribution in [2.75, 3.05) is 0 Å². The minimum atomic E-state index is -0.191. The van der Waals surface area contributed by atoms with Crippen LogP contribution in [-0.4, -0.2) is 20.4 Å². The molecule has 14 heavy (non-hydrogen) atoms. The Morgan fingerprint density at radius 3 is 3.14 bits per heavy atom. The second-order valence-corrected chi connectivity index (χ2v) is 3.53. The van der Waals surface area contributed by atoms with Gasteiger partial charge in [-0.1, -0.05) is 16.5 Å². The minimum absolute atomic E-state index is 0.0279. The molecular formula is C7H6N4O2S. The van der Waals surface area contributed by atoms with Gasteiger partial charge in [-0.3, -0.25) is 9.20 Å². The van der Waals surface area contributed by atoms with Gasteiger partial charge in [-0.05, 0) is 0 Å². The fourth-order valence-electron chi connectivity index (χ4n) is 1.01. The average Bonchev–Trinajstić information content (AvgIpc) is 2.62. The van der Waals surface area contributed by atoms with E-state index in [2.05, 4.69) is 10.1 Å². The first-order chi connectivity index (χ1) is 6.72. The van der Waals surface area contributed by atoms with Gasteiger partial charge < -0.3 is 10.9 Å². The number of aromatic nitrogens is 2. The van der Waals surface area contributed by atoms with E-state index in [0.717, 1.165) is 0 Å². The highest BCUT2D eigenvalue weighted by Crippen LogP contribution is 2.12. The smallest absolute Gasteiger partial charge is 0.258 e. The molecule has 2 aromatic heterocycles. The molecule has 0 aromatic carbocycles. The van der Waals surface area contributed by atoms with Gasteiger partial charge in [0.1, 0.15) is 0 Å². The molecular weight excluding hydrogens is 204 g/mol. The van der Waals surface area contributed by atoms with E-state index in [1.165, 1.54) is 34.2 Å². The normalized spacial score (nSPS) is 12.1. The first kappa shape index (κ1) is 8.70. The SMILES string of the molecule is N/C(=N/O)c1cn2c(=O)ccnc2s1. The molecule has 0 spiro atoms. The van der Waals surface area contributed by atoms with Gasteiger partial charge in [0.15, 0.2) is 10.8 Å². The summed E-state index contributed by atoms with van der Waals surface area (Å²) >= 11 is 1.18. The summed E-state index contributed by atoms with van der Waals surface area (Å²) in [5.41, 5.74) is 5.18. The van der Waals surface area contributed by atoms with Crippen LogP contribution < -0.4 is 11.3 Å². The molecule has 2 aromatic rings. The van der Waals surface area contributed by atoms with Crippen LogP contribution in [0.4, 0.5) is 0 Å². The van der Waals surface area contributed by atoms with Crippen LogP contribution in [0.1, 0.15) is 4.88 Å². The summed E-state index contributed by atoms with van der Waals surface area (Å²) in [7, 11) is 0. The maximum Gasteiger partial charge on any atom is 0.258 e. The number of nitrogens with zero attached hydrogens (tertiary/aromatic N) is 3. The maximum atomic E-state index is 11.3. The molecule has 0 aliphatic heterocycles. The number of fused-ring (bicyclic) bond motifs is 1. The Labute approximate surface area is 81.9 Å². The molecule has 0 amide bonds. The second-order valence-electron chi connectivity index (χ2n) is 2.52. The van der Waals surface area contributed by atoms with E-state index in [1.807, 2.05) is 0 Å². The van der Waals surface area contributed by atoms with Crippen LogP contribution in [-0.2, 0) is 0 Å². The van der Waals surface area contributed by atoms with Crippen molar-refractivity contribution in [2.45, 2.75) is 0 Å². The predicted molar refractivity (Wildman–Crippen MR) is 51.8 cm³/mol. The number of thiazole rings is 1. The van der Waals surface area contributed by atoms with Gasteiger partial charge in [0.05, 0.1) is 4.88 Å². The van der Waals surface area contributed by atoms with Crippen molar-refractivity contribution in [1.82, 2.24) is 9.38 Å². The first-order valence-corrected chi connectivity index (χ1v) is 4.49. The quantitative estimate of drug-likeness (QED) is 0.296. The summed E-state index contributed by atoms with van der Waals surface area (Å²) in [4.78, 5) is 16.3. The molecule has 6 nitrogen and oxygen atoms in total. The van der Waals surface area contributed by atoms with Crippen LogP contribution in [0.5, 0.6) is 0 Å². The Hall–Kier alpha value is -1.89. The van der Waals surface area contributed by atoms with Crippen LogP contribution in [0.3, 0.4) is 0 Å². The topological polar surface area (TPSA) is 93.0 Å². The van der Waals surface area contributed by atoms with E-state index in [-0.39, 0.29) is 11.4 Å². The van der Waals surface area contributed by atoms with E-state index < -0.39 is 0 Å². The number of rotatable bonds is 1. The van der Waals surface area contributed by atoms with E-state index in [1.54, 1.807) is 0 Å². The summed E-state index contributed by atoms with van der Waals surface area (Å²) in [6.45, 7) is 0. The number of oxime groups is 1. The van der Waals surface area contributed by atoms with Gasteiger partial charge in [0.2, 0.25) is 0 Å². The summed E-state index contributed by atoms with van der Waals surface area (Å²) in [6, 6.07) is 1.34. The highest BCUT2D eigenvalue weighted by atomic mass is 32.1. The Morgan fingerprint density at radius 1 is 1.71 bits per heavy atom. The van der Waals surface area contributed by atoms with E-state index in [4.69, 9.17) is 10.9 Å². The average molecular weight is 210 g/mol. The first-order valence-electron chi connectivity index (χ1n) is 3.67. The molecule has 0 saturated carbocycles. The monoisotopic (exact) mass is 210 g/mol. The highest BCUT2D eigenvalue weighted by molar-refractivity contribution is 7.18. The third-order valence-corrected chi connectivity index (χ3v) is 2.67. The summed E-state index contributed by atoms with van der Waals surface area (Å²) in [6.07, 6.45) is 2.91. The van der Waals surface area contributed by atoms with Crippen molar-refractivity contribution < 1.29 is 5.21 Å². The van der Waals surface area contributed by atoms with Crippen molar-refractivity contribution in [3.63, 3.8) is 0 Å². The van der Waals surface area contributed by atoms with E-state index >= 15 is 0 Å². The number of hydrogen-bond acceptors (Lipinski definition) is 5. The Kier molecular flexibility index (Phi) is 1.93. The van der Waals surface area contributed by atoms with Gasteiger partial charge in [0.25, 0.3) is 5.56 Å². The van der Waals surface area contributed by atoms with Crippen molar-refractivity contribution in [3.8, 4) is 0 Å². The van der Waals surface area contributed by atoms with Crippen molar-refractivity contribution in [3.05, 3.63) is 33.7 Å². The van der Waals surface area contributed by atoms with Crippen LogP contribution in [0.25, 0.3) is 4.96 Å². The molecule has 2 rings (SSSR count). The number of nitrogens with two attached hydrogens (primary N) is 1. The standard InChI is InChI=1S/C7H6N4O2S/c8-6(10-13)4-3-11-5(12)1-2-9-7(11)14-4/h1-3,13H,(H2,8,10). The molecule has 0 unspecified atom stereocenters. The fourth-order valence-corrected chi connectivity index (χ4v) is 1.86. The predicted octanol–water partition coefficient (Wildman–Crippen LogP) is -0.150. The molecule has 72 valence electrons. The Morgan fingerprint density at radius 2 is 2.50 bits per heavy atom. The molecule has 0 fully saturated rings. The third-order valence-electron chi connectivity index (χ3n) is 1.65. The van der Waals surface area contributed by atoms with Crippen LogP contribution >= 0.6 is 11.3 Å². The van der Waals surface area contributed by atoms with Gasteiger partial charge in [0, 0.05) is 18.5 Å². The minimum Gasteiger partial charge on any atom is -0.409 e. The molecule has 0 radical (unpaired) electrons. The third kappa shape index (κ3) is 1.23. The lowest BCUT2D eigenvalue weighted by molar-refractivity contribution is 0.319. The van der Waals surface area contributed by atoms with Crippen molar-refractivity contribution in [1.29, 1.82) is 0 Å². The van der Waals surface area contributed by atoms with Gasteiger partial charge >= 0.3 is 0 Å². The van der Waals surface area contributed by atoms with Crippen LogP contribution in [0.2, 0.25) is 0 Å². The lowest BCUT2D eigenvalue weighted by Crippen LogP contribution is -2.12. The highest BCUT2D eigenvalue weighted by Gasteiger charge is 2.06. The molecule has 0 aliphatic rings. The Balaban J connectivity index is 2.75. The molecule has 0 aliphatic carbocycles. The maximum absolute atomic E-state index is 11.3. The molecule has 0 saturated heterocycles.